The van der Waals surface area contributed by atoms with Crippen molar-refractivity contribution in [2.24, 2.45) is 7.05 Å². The van der Waals surface area contributed by atoms with Crippen molar-refractivity contribution in [2.45, 2.75) is 29.4 Å². The van der Waals surface area contributed by atoms with E-state index in [1.54, 1.807) is 24.6 Å². The van der Waals surface area contributed by atoms with Crippen LogP contribution in [-0.4, -0.2) is 43.5 Å². The van der Waals surface area contributed by atoms with Crippen LogP contribution in [0.1, 0.15) is 31.0 Å². The zero-order valence-corrected chi connectivity index (χ0v) is 19.3. The average Bonchev–Trinajstić information content (AvgIpc) is 3.15. The van der Waals surface area contributed by atoms with Crippen molar-refractivity contribution < 1.29 is 9.29 Å². The highest BCUT2D eigenvalue weighted by molar-refractivity contribution is 7.93. The molecular weight excluding hydrogens is 436 g/mol. The fraction of sp³-hybridized carbons (Fsp3) is 0.381. The van der Waals surface area contributed by atoms with Crippen LogP contribution < -0.4 is 0 Å². The first-order valence-corrected chi connectivity index (χ1v) is 12.9. The highest BCUT2D eigenvalue weighted by atomic mass is 32.2. The number of thiophene rings is 1. The van der Waals surface area contributed by atoms with Gasteiger partial charge in [0.05, 0.1) is 18.5 Å². The molecule has 0 amide bonds. The summed E-state index contributed by atoms with van der Waals surface area (Å²) in [4.78, 5) is 14.9. The Labute approximate surface area is 186 Å². The lowest BCUT2D eigenvalue weighted by Gasteiger charge is -2.08. The van der Waals surface area contributed by atoms with Crippen molar-refractivity contribution in [3.63, 3.8) is 0 Å². The van der Waals surface area contributed by atoms with Crippen LogP contribution in [-0.2, 0) is 23.0 Å². The number of pyridine rings is 1. The molecule has 1 saturated carbocycles. The molecule has 1 aliphatic rings. The van der Waals surface area contributed by atoms with Crippen LogP contribution in [0.4, 0.5) is 0 Å². The van der Waals surface area contributed by atoms with Crippen molar-refractivity contribution in [1.82, 2.24) is 19.5 Å². The molecule has 0 bridgehead atoms. The number of hydrogen-bond acceptors (Lipinski definition) is 7. The number of imidazole rings is 1. The molecule has 0 aromatic carbocycles. The third-order valence-corrected chi connectivity index (χ3v) is 8.93. The highest BCUT2D eigenvalue weighted by Crippen LogP contribution is 2.42. The molecule has 1 atom stereocenters. The minimum absolute atomic E-state index is 0.575. The molecule has 0 N–H and O–H groups in total. The van der Waals surface area contributed by atoms with E-state index < -0.39 is 11.2 Å². The van der Waals surface area contributed by atoms with Gasteiger partial charge in [0.1, 0.15) is 27.1 Å². The number of thiazole rings is 1. The molecule has 0 radical (unpaired) electrons. The summed E-state index contributed by atoms with van der Waals surface area (Å²) in [6.07, 6.45) is 6.95. The molecule has 5 rings (SSSR count). The van der Waals surface area contributed by atoms with Gasteiger partial charge in [-0.15, -0.1) is 11.3 Å². The van der Waals surface area contributed by atoms with E-state index in [9.17, 15) is 4.55 Å². The second kappa shape index (κ2) is 8.39. The third-order valence-electron chi connectivity index (χ3n) is 5.28. The Morgan fingerprint density at radius 3 is 2.90 bits per heavy atom. The molecule has 9 heteroatoms. The van der Waals surface area contributed by atoms with E-state index in [1.165, 1.54) is 24.2 Å². The van der Waals surface area contributed by atoms with Gasteiger partial charge >= 0.3 is 0 Å². The average molecular weight is 459 g/mol. The Kier molecular flexibility index (Phi) is 5.63. The molecule has 0 spiro atoms. The Morgan fingerprint density at radius 1 is 1.30 bits per heavy atom. The zero-order valence-electron chi connectivity index (χ0n) is 16.8. The summed E-state index contributed by atoms with van der Waals surface area (Å²) >= 11 is 2.02. The molecule has 0 saturated heterocycles. The largest absolute Gasteiger partial charge is 0.611 e. The lowest BCUT2D eigenvalue weighted by Crippen LogP contribution is -2.07. The van der Waals surface area contributed by atoms with Gasteiger partial charge in [-0.2, -0.15) is 0 Å². The topological polar surface area (TPSA) is 75.9 Å². The predicted molar refractivity (Wildman–Crippen MR) is 123 cm³/mol. The van der Waals surface area contributed by atoms with Gasteiger partial charge in [0.25, 0.3) is 0 Å². The quantitative estimate of drug-likeness (QED) is 0.279. The molecule has 0 aliphatic heterocycles. The number of rotatable bonds is 8. The summed E-state index contributed by atoms with van der Waals surface area (Å²) in [5.41, 5.74) is 2.99. The molecule has 4 heterocycles. The monoisotopic (exact) mass is 458 g/mol. The molecular formula is C21H22N4O2S3. The van der Waals surface area contributed by atoms with E-state index in [0.717, 1.165) is 48.6 Å². The Morgan fingerprint density at radius 2 is 2.17 bits per heavy atom. The number of methoxy groups -OCH3 is 1. The van der Waals surface area contributed by atoms with Gasteiger partial charge in [-0.1, -0.05) is 11.3 Å². The number of hydrogen-bond donors (Lipinski definition) is 0. The van der Waals surface area contributed by atoms with Crippen LogP contribution in [0.3, 0.4) is 0 Å². The fourth-order valence-electron chi connectivity index (χ4n) is 3.60. The second-order valence-electron chi connectivity index (χ2n) is 7.41. The predicted octanol–water partition coefficient (Wildman–Crippen LogP) is 4.84. The van der Waals surface area contributed by atoms with E-state index in [4.69, 9.17) is 14.7 Å². The van der Waals surface area contributed by atoms with Crippen molar-refractivity contribution in [3.05, 3.63) is 35.7 Å². The molecule has 4 aromatic rings. The summed E-state index contributed by atoms with van der Waals surface area (Å²) in [5, 5.41) is 3.88. The summed E-state index contributed by atoms with van der Waals surface area (Å²) in [7, 11) is 3.75. The number of nitrogens with zero attached hydrogens (tertiary/aromatic N) is 4. The Balaban J connectivity index is 1.61. The zero-order chi connectivity index (χ0) is 20.7. The number of aromatic nitrogens is 4. The van der Waals surface area contributed by atoms with Crippen molar-refractivity contribution in [1.29, 1.82) is 0 Å². The maximum Gasteiger partial charge on any atom is 0.209 e. The van der Waals surface area contributed by atoms with Crippen LogP contribution in [0.5, 0.6) is 0 Å². The van der Waals surface area contributed by atoms with Gasteiger partial charge in [-0.05, 0) is 30.1 Å². The molecule has 30 heavy (non-hydrogen) atoms. The first kappa shape index (κ1) is 20.1. The third kappa shape index (κ3) is 3.80. The Bertz CT molecular complexity index is 1160. The van der Waals surface area contributed by atoms with Crippen LogP contribution in [0, 0.1) is 0 Å². The maximum absolute atomic E-state index is 12.8. The van der Waals surface area contributed by atoms with Crippen molar-refractivity contribution >= 4 is 44.1 Å². The first-order chi connectivity index (χ1) is 14.7. The molecule has 6 nitrogen and oxygen atoms in total. The lowest BCUT2D eigenvalue weighted by molar-refractivity contribution is 0.199. The summed E-state index contributed by atoms with van der Waals surface area (Å²) in [6.45, 7) is 0.618. The minimum Gasteiger partial charge on any atom is -0.611 e. The minimum atomic E-state index is -1.06. The maximum atomic E-state index is 12.8. The second-order valence-corrected chi connectivity index (χ2v) is 11.1. The SMILES string of the molecule is COCCC[S+]([O-])c1cc2c(-c3cnc(C4CC4)n3C)cc(-c3nccs3)nc2s1. The first-order valence-electron chi connectivity index (χ1n) is 9.89. The summed E-state index contributed by atoms with van der Waals surface area (Å²) in [6, 6.07) is 4.14. The van der Waals surface area contributed by atoms with E-state index in [2.05, 4.69) is 22.7 Å². The van der Waals surface area contributed by atoms with Gasteiger partial charge in [0.15, 0.2) is 0 Å². The van der Waals surface area contributed by atoms with Crippen LogP contribution in [0.15, 0.2) is 34.1 Å². The molecule has 1 unspecified atom stereocenters. The standard InChI is InChI=1S/C21H22N4O2S3/c1-25-17(12-23-19(25)13-4-5-13)14-10-16(21-22-6-8-28-21)24-20-15(14)11-18(29-20)30(26)9-3-7-27-2/h6,8,10-13H,3-5,7,9H2,1-2H3. The molecule has 156 valence electrons. The number of fused-ring (bicyclic) bond motifs is 1. The Hall–Kier alpha value is -1.78. The van der Waals surface area contributed by atoms with Gasteiger partial charge in [0.2, 0.25) is 4.21 Å². The van der Waals surface area contributed by atoms with E-state index in [-0.39, 0.29) is 0 Å². The van der Waals surface area contributed by atoms with Crippen molar-refractivity contribution in [3.8, 4) is 22.0 Å². The van der Waals surface area contributed by atoms with Gasteiger partial charge in [-0.3, -0.25) is 0 Å². The van der Waals surface area contributed by atoms with Crippen molar-refractivity contribution in [2.75, 3.05) is 19.5 Å². The highest BCUT2D eigenvalue weighted by Gasteiger charge is 2.29. The van der Waals surface area contributed by atoms with Crippen LogP contribution in [0.2, 0.25) is 0 Å². The normalized spacial score (nSPS) is 15.2. The smallest absolute Gasteiger partial charge is 0.209 e. The van der Waals surface area contributed by atoms with E-state index >= 15 is 0 Å². The van der Waals surface area contributed by atoms with Crippen LogP contribution >= 0.6 is 22.7 Å². The number of ether oxygens (including phenoxy) is 1. The van der Waals surface area contributed by atoms with Gasteiger partial charge in [-0.25, -0.2) is 15.0 Å². The molecule has 1 aliphatic carbocycles. The summed E-state index contributed by atoms with van der Waals surface area (Å²) in [5.74, 6) is 2.31. The van der Waals surface area contributed by atoms with E-state index in [0.29, 0.717) is 18.3 Å². The van der Waals surface area contributed by atoms with Gasteiger partial charge < -0.3 is 13.9 Å². The van der Waals surface area contributed by atoms with E-state index in [1.807, 2.05) is 17.6 Å². The summed E-state index contributed by atoms with van der Waals surface area (Å²) < 4.78 is 21.0. The lowest BCUT2D eigenvalue weighted by atomic mass is 10.1. The van der Waals surface area contributed by atoms with Gasteiger partial charge in [0, 0.05) is 55.1 Å². The molecule has 4 aromatic heterocycles. The molecule has 1 fully saturated rings. The fourth-order valence-corrected chi connectivity index (χ4v) is 6.68. The van der Waals surface area contributed by atoms with Crippen LogP contribution in [0.25, 0.3) is 32.2 Å².